The van der Waals surface area contributed by atoms with E-state index in [0.717, 1.165) is 24.9 Å². The number of phenolic OH excluding ortho intramolecular Hbond substituents is 1. The van der Waals surface area contributed by atoms with Gasteiger partial charge in [0.1, 0.15) is 17.8 Å². The lowest BCUT2D eigenvalue weighted by atomic mass is 10.1. The normalized spacial score (nSPS) is 16.3. The fourth-order valence-corrected chi connectivity index (χ4v) is 1.87. The highest BCUT2D eigenvalue weighted by Gasteiger charge is 2.20. The molecule has 1 aromatic carbocycles. The topological polar surface area (TPSA) is 196 Å². The minimum absolute atomic E-state index is 0.160. The van der Waals surface area contributed by atoms with Crippen LogP contribution in [0.25, 0.3) is 0 Å². The molecule has 0 saturated carbocycles. The van der Waals surface area contributed by atoms with Gasteiger partial charge in [0, 0.05) is 0 Å². The van der Waals surface area contributed by atoms with Crippen LogP contribution in [0.4, 0.5) is 0 Å². The number of nitrogens with one attached hydrogen (secondary N) is 1. The molecular formula is C16H25N3O7. The predicted molar refractivity (Wildman–Crippen MR) is 92.8 cm³/mol. The fourth-order valence-electron chi connectivity index (χ4n) is 1.87. The van der Waals surface area contributed by atoms with Gasteiger partial charge < -0.3 is 37.2 Å². The van der Waals surface area contributed by atoms with E-state index in [2.05, 4.69) is 11.1 Å². The number of hydrogen-bond donors (Lipinski definition) is 7. The highest BCUT2D eigenvalue weighted by Crippen LogP contribution is 2.10. The first-order valence-corrected chi connectivity index (χ1v) is 7.81. The van der Waals surface area contributed by atoms with Crippen molar-refractivity contribution < 1.29 is 34.8 Å². The number of phenols is 1. The van der Waals surface area contributed by atoms with Crippen LogP contribution >= 0.6 is 0 Å². The Bertz CT molecular complexity index is 572. The Hall–Kier alpha value is -2.69. The van der Waals surface area contributed by atoms with Crippen LogP contribution in [0, 0.1) is 0 Å². The smallest absolute Gasteiger partial charge is 0.320 e. The molecule has 1 heterocycles. The minimum Gasteiger partial charge on any atom is -0.508 e. The van der Waals surface area contributed by atoms with E-state index < -0.39 is 23.9 Å². The first kappa shape index (κ1) is 23.3. The minimum atomic E-state index is -1.02. The quantitative estimate of drug-likeness (QED) is 0.344. The molecule has 1 unspecified atom stereocenters. The summed E-state index contributed by atoms with van der Waals surface area (Å²) in [7, 11) is 0. The van der Waals surface area contributed by atoms with E-state index in [1.54, 1.807) is 12.1 Å². The molecule has 1 fully saturated rings. The largest absolute Gasteiger partial charge is 0.508 e. The molecule has 0 aromatic heterocycles. The van der Waals surface area contributed by atoms with Gasteiger partial charge in [-0.05, 0) is 43.5 Å². The molecule has 1 aromatic rings. The molecular weight excluding hydrogens is 346 g/mol. The van der Waals surface area contributed by atoms with E-state index in [-0.39, 0.29) is 24.8 Å². The van der Waals surface area contributed by atoms with Crippen LogP contribution in [-0.4, -0.2) is 63.5 Å². The molecule has 146 valence electrons. The number of rotatable bonds is 5. The van der Waals surface area contributed by atoms with Crippen molar-refractivity contribution in [3.63, 3.8) is 0 Å². The number of carboxylic acids is 3. The van der Waals surface area contributed by atoms with Gasteiger partial charge in [0.2, 0.25) is 0 Å². The van der Waals surface area contributed by atoms with E-state index in [9.17, 15) is 14.4 Å². The monoisotopic (exact) mass is 371 g/mol. The second kappa shape index (κ2) is 12.6. The number of hydrogen-bond acceptors (Lipinski definition) is 7. The second-order valence-electron chi connectivity index (χ2n) is 5.40. The average molecular weight is 371 g/mol. The van der Waals surface area contributed by atoms with Crippen LogP contribution in [0.5, 0.6) is 5.75 Å². The lowest BCUT2D eigenvalue weighted by molar-refractivity contribution is -0.139. The number of benzene rings is 1. The zero-order valence-electron chi connectivity index (χ0n) is 14.2. The molecule has 2 atom stereocenters. The molecule has 10 nitrogen and oxygen atoms in total. The third-order valence-electron chi connectivity index (χ3n) is 3.24. The summed E-state index contributed by atoms with van der Waals surface area (Å²) in [6.45, 7) is 0.580. The molecule has 0 aliphatic carbocycles. The Balaban J connectivity index is 0.000000409. The van der Waals surface area contributed by atoms with Gasteiger partial charge in [-0.25, -0.2) is 0 Å². The second-order valence-corrected chi connectivity index (χ2v) is 5.40. The summed E-state index contributed by atoms with van der Waals surface area (Å²) in [4.78, 5) is 29.8. The lowest BCUT2D eigenvalue weighted by Crippen LogP contribution is -2.32. The molecule has 10 heteroatoms. The third kappa shape index (κ3) is 11.0. The first-order chi connectivity index (χ1) is 12.2. The van der Waals surface area contributed by atoms with E-state index in [0.29, 0.717) is 0 Å². The maximum Gasteiger partial charge on any atom is 0.320 e. The average Bonchev–Trinajstić information content (AvgIpc) is 3.13. The van der Waals surface area contributed by atoms with Crippen molar-refractivity contribution in [2.24, 2.45) is 11.5 Å². The van der Waals surface area contributed by atoms with Gasteiger partial charge in [-0.1, -0.05) is 12.1 Å². The number of carbonyl (C=O) groups is 3. The molecule has 0 spiro atoms. The van der Waals surface area contributed by atoms with E-state index in [4.69, 9.17) is 26.2 Å². The zero-order chi connectivity index (χ0) is 20.1. The molecule has 0 bridgehead atoms. The molecule has 9 N–H and O–H groups in total. The Kier molecular flexibility index (Phi) is 11.3. The summed E-state index contributed by atoms with van der Waals surface area (Å²) in [5, 5.41) is 36.3. The van der Waals surface area contributed by atoms with Crippen molar-refractivity contribution >= 4 is 17.9 Å². The number of nitrogens with two attached hydrogens (primary N) is 2. The lowest BCUT2D eigenvalue weighted by Gasteiger charge is -2.05. The predicted octanol–water partition coefficient (Wildman–Crippen LogP) is -0.801. The Morgan fingerprint density at radius 1 is 1.15 bits per heavy atom. The van der Waals surface area contributed by atoms with Crippen molar-refractivity contribution in [2.75, 3.05) is 13.1 Å². The van der Waals surface area contributed by atoms with Gasteiger partial charge in [-0.2, -0.15) is 0 Å². The summed E-state index contributed by atoms with van der Waals surface area (Å²) < 4.78 is 0. The highest BCUT2D eigenvalue weighted by atomic mass is 16.4. The summed E-state index contributed by atoms with van der Waals surface area (Å²) in [5.74, 6) is -2.55. The van der Waals surface area contributed by atoms with E-state index >= 15 is 0 Å². The van der Waals surface area contributed by atoms with Gasteiger partial charge >= 0.3 is 17.9 Å². The molecule has 1 saturated heterocycles. The van der Waals surface area contributed by atoms with Gasteiger partial charge in [0.05, 0.1) is 6.54 Å². The van der Waals surface area contributed by atoms with Crippen LogP contribution in [0.1, 0.15) is 18.4 Å². The third-order valence-corrected chi connectivity index (χ3v) is 3.24. The summed E-state index contributed by atoms with van der Waals surface area (Å²) in [5.41, 5.74) is 10.7. The van der Waals surface area contributed by atoms with Gasteiger partial charge in [-0.3, -0.25) is 14.4 Å². The maximum absolute atomic E-state index is 10.4. The van der Waals surface area contributed by atoms with Crippen LogP contribution in [0.3, 0.4) is 0 Å². The summed E-state index contributed by atoms with van der Waals surface area (Å²) in [6.07, 6.45) is 2.06. The van der Waals surface area contributed by atoms with Crippen molar-refractivity contribution in [1.82, 2.24) is 5.32 Å². The van der Waals surface area contributed by atoms with Crippen molar-refractivity contribution in [1.29, 1.82) is 0 Å². The Labute approximate surface area is 150 Å². The summed E-state index contributed by atoms with van der Waals surface area (Å²) >= 11 is 0. The standard InChI is InChI=1S/C9H11NO3.C5H9NO2.C2H5NO2/c10-8(9(12)13)5-6-1-3-7(11)4-2-6;7-5(8)4-2-1-3-6-4;3-1-2(4)5/h1-4,8,11H,5,10H2,(H,12,13);4,6H,1-3H2,(H,7,8);1,3H2,(H,4,5)/t;4-;/m.0./s1. The molecule has 2 rings (SSSR count). The summed E-state index contributed by atoms with van der Waals surface area (Å²) in [6, 6.07) is 5.16. The number of aromatic hydroxyl groups is 1. The van der Waals surface area contributed by atoms with E-state index in [1.807, 2.05) is 0 Å². The van der Waals surface area contributed by atoms with Crippen molar-refractivity contribution in [3.8, 4) is 5.75 Å². The SMILES string of the molecule is NC(Cc1ccc(O)cc1)C(=O)O.NCC(=O)O.O=C(O)[C@@H]1CCCN1. The van der Waals surface area contributed by atoms with E-state index in [1.165, 1.54) is 12.1 Å². The zero-order valence-corrected chi connectivity index (χ0v) is 14.2. The van der Waals surface area contributed by atoms with Crippen molar-refractivity contribution in [3.05, 3.63) is 29.8 Å². The van der Waals surface area contributed by atoms with Gasteiger partial charge in [0.25, 0.3) is 0 Å². The van der Waals surface area contributed by atoms with Crippen LogP contribution in [-0.2, 0) is 20.8 Å². The molecule has 1 aliphatic heterocycles. The van der Waals surface area contributed by atoms with Gasteiger partial charge in [-0.15, -0.1) is 0 Å². The number of aliphatic carboxylic acids is 3. The molecule has 26 heavy (non-hydrogen) atoms. The molecule has 0 radical (unpaired) electrons. The molecule has 0 amide bonds. The fraction of sp³-hybridized carbons (Fsp3) is 0.438. The Morgan fingerprint density at radius 2 is 1.69 bits per heavy atom. The Morgan fingerprint density at radius 3 is 2.00 bits per heavy atom. The first-order valence-electron chi connectivity index (χ1n) is 7.81. The van der Waals surface area contributed by atoms with Crippen molar-refractivity contribution in [2.45, 2.75) is 31.3 Å². The van der Waals surface area contributed by atoms with Gasteiger partial charge in [0.15, 0.2) is 0 Å². The van der Waals surface area contributed by atoms with Crippen LogP contribution < -0.4 is 16.8 Å². The number of carboxylic acid groups (broad SMARTS) is 3. The van der Waals surface area contributed by atoms with Crippen LogP contribution in [0.15, 0.2) is 24.3 Å². The molecule has 1 aliphatic rings. The highest BCUT2D eigenvalue weighted by molar-refractivity contribution is 5.74. The van der Waals surface area contributed by atoms with Crippen LogP contribution in [0.2, 0.25) is 0 Å². The maximum atomic E-state index is 10.4.